The minimum absolute atomic E-state index is 0.280. The molecule has 4 rings (SSSR count). The topological polar surface area (TPSA) is 67.2 Å². The summed E-state index contributed by atoms with van der Waals surface area (Å²) in [5.41, 5.74) is 0.286. The number of aliphatic hydroxyl groups is 1. The van der Waals surface area contributed by atoms with Crippen molar-refractivity contribution in [3.8, 4) is 0 Å². The Hall–Kier alpha value is -0.850. The zero-order valence-corrected chi connectivity index (χ0v) is 15.3. The third-order valence-corrected chi connectivity index (χ3v) is 7.43. The zero-order valence-electron chi connectivity index (χ0n) is 15.3. The summed E-state index contributed by atoms with van der Waals surface area (Å²) in [6.07, 6.45) is 9.09. The quantitative estimate of drug-likeness (QED) is 0.791. The Labute approximate surface area is 150 Å². The molecule has 1 amide bonds. The molecule has 0 bridgehead atoms. The fourth-order valence-electron chi connectivity index (χ4n) is 5.71. The second-order valence-electron chi connectivity index (χ2n) is 8.83. The van der Waals surface area contributed by atoms with Gasteiger partial charge in [-0.1, -0.05) is 6.42 Å². The van der Waals surface area contributed by atoms with E-state index in [1.807, 2.05) is 0 Å². The number of nitrogens with zero attached hydrogens (tertiary/aromatic N) is 3. The van der Waals surface area contributed by atoms with Gasteiger partial charge in [0.25, 0.3) is 0 Å². The lowest BCUT2D eigenvalue weighted by Gasteiger charge is -2.53. The number of likely N-dealkylation sites (tertiary alicyclic amines) is 2. The van der Waals surface area contributed by atoms with Crippen LogP contribution in [0.1, 0.15) is 51.4 Å². The molecule has 0 unspecified atom stereocenters. The van der Waals surface area contributed by atoms with E-state index in [-0.39, 0.29) is 12.0 Å². The van der Waals surface area contributed by atoms with Crippen LogP contribution in [-0.2, 0) is 0 Å². The molecule has 0 aromatic carbocycles. The van der Waals surface area contributed by atoms with Crippen LogP contribution in [0.4, 0.5) is 4.79 Å². The summed E-state index contributed by atoms with van der Waals surface area (Å²) in [6.45, 7) is 4.93. The average molecular weight is 351 g/mol. The standard InChI is InChI=1S/C19H33N3O3/c23-11-10-22(15-2-1-3-15)16-4-7-20(8-5-16)17-12-19(13-17)6-9-21(14-19)18(24)25/h15-17,23H,1-14H2,(H,24,25). The lowest BCUT2D eigenvalue weighted by molar-refractivity contribution is -0.0282. The first-order valence-electron chi connectivity index (χ1n) is 10.2. The van der Waals surface area contributed by atoms with Crippen LogP contribution >= 0.6 is 0 Å². The summed E-state index contributed by atoms with van der Waals surface area (Å²) in [5.74, 6) is 0. The monoisotopic (exact) mass is 351 g/mol. The van der Waals surface area contributed by atoms with Gasteiger partial charge in [0, 0.05) is 37.8 Å². The molecule has 4 aliphatic rings. The molecule has 142 valence electrons. The number of piperidine rings is 1. The Morgan fingerprint density at radius 1 is 1.08 bits per heavy atom. The lowest BCUT2D eigenvalue weighted by atomic mass is 9.64. The van der Waals surface area contributed by atoms with E-state index in [2.05, 4.69) is 9.80 Å². The van der Waals surface area contributed by atoms with E-state index in [9.17, 15) is 9.90 Å². The van der Waals surface area contributed by atoms with Crippen LogP contribution in [-0.4, -0.2) is 88.5 Å². The van der Waals surface area contributed by atoms with Crippen molar-refractivity contribution in [3.05, 3.63) is 0 Å². The molecule has 0 aromatic rings. The molecule has 2 saturated heterocycles. The van der Waals surface area contributed by atoms with Crippen molar-refractivity contribution in [2.45, 2.75) is 69.5 Å². The van der Waals surface area contributed by atoms with E-state index >= 15 is 0 Å². The maximum atomic E-state index is 11.1. The molecule has 0 aromatic heterocycles. The van der Waals surface area contributed by atoms with Gasteiger partial charge in [0.2, 0.25) is 0 Å². The molecule has 2 aliphatic carbocycles. The van der Waals surface area contributed by atoms with Gasteiger partial charge in [0.05, 0.1) is 6.61 Å². The Kier molecular flexibility index (Phi) is 4.95. The second-order valence-corrected chi connectivity index (χ2v) is 8.83. The van der Waals surface area contributed by atoms with Crippen LogP contribution in [0.25, 0.3) is 0 Å². The smallest absolute Gasteiger partial charge is 0.407 e. The van der Waals surface area contributed by atoms with E-state index in [1.165, 1.54) is 58.0 Å². The van der Waals surface area contributed by atoms with Crippen LogP contribution < -0.4 is 0 Å². The Balaban J connectivity index is 1.24. The fourth-order valence-corrected chi connectivity index (χ4v) is 5.71. The fraction of sp³-hybridized carbons (Fsp3) is 0.947. The van der Waals surface area contributed by atoms with Gasteiger partial charge < -0.3 is 20.0 Å². The normalized spacial score (nSPS) is 34.5. The molecule has 2 aliphatic heterocycles. The third-order valence-electron chi connectivity index (χ3n) is 7.43. The predicted molar refractivity (Wildman–Crippen MR) is 95.7 cm³/mol. The van der Waals surface area contributed by atoms with Crippen LogP contribution in [0.15, 0.2) is 0 Å². The molecule has 2 heterocycles. The van der Waals surface area contributed by atoms with E-state index in [1.54, 1.807) is 4.90 Å². The van der Waals surface area contributed by atoms with E-state index < -0.39 is 6.09 Å². The van der Waals surface area contributed by atoms with Crippen LogP contribution in [0.5, 0.6) is 0 Å². The van der Waals surface area contributed by atoms with Crippen molar-refractivity contribution in [2.24, 2.45) is 5.41 Å². The average Bonchev–Trinajstić information content (AvgIpc) is 2.97. The maximum absolute atomic E-state index is 11.1. The van der Waals surface area contributed by atoms with Crippen LogP contribution in [0.2, 0.25) is 0 Å². The molecular weight excluding hydrogens is 318 g/mol. The molecule has 25 heavy (non-hydrogen) atoms. The number of carboxylic acid groups (broad SMARTS) is 1. The molecule has 1 spiro atoms. The zero-order chi connectivity index (χ0) is 17.4. The molecule has 2 saturated carbocycles. The number of amides is 1. The first-order chi connectivity index (χ1) is 12.1. The van der Waals surface area contributed by atoms with Gasteiger partial charge in [-0.05, 0) is 63.5 Å². The van der Waals surface area contributed by atoms with E-state index in [4.69, 9.17) is 5.11 Å². The summed E-state index contributed by atoms with van der Waals surface area (Å²) in [6, 6.07) is 2.04. The van der Waals surface area contributed by atoms with E-state index in [0.717, 1.165) is 32.1 Å². The first-order valence-corrected chi connectivity index (χ1v) is 10.2. The number of carbonyl (C=O) groups is 1. The molecule has 0 atom stereocenters. The van der Waals surface area contributed by atoms with Crippen molar-refractivity contribution in [2.75, 3.05) is 39.3 Å². The summed E-state index contributed by atoms with van der Waals surface area (Å²) >= 11 is 0. The largest absolute Gasteiger partial charge is 0.465 e. The summed E-state index contributed by atoms with van der Waals surface area (Å²) in [5, 5.41) is 18.6. The second kappa shape index (κ2) is 7.05. The van der Waals surface area contributed by atoms with Crippen molar-refractivity contribution in [3.63, 3.8) is 0 Å². The minimum Gasteiger partial charge on any atom is -0.465 e. The third kappa shape index (κ3) is 3.40. The van der Waals surface area contributed by atoms with Gasteiger partial charge >= 0.3 is 6.09 Å². The summed E-state index contributed by atoms with van der Waals surface area (Å²) in [7, 11) is 0. The molecular formula is C19H33N3O3. The van der Waals surface area contributed by atoms with Crippen molar-refractivity contribution < 1.29 is 15.0 Å². The lowest BCUT2D eigenvalue weighted by Crippen LogP contribution is -2.57. The highest BCUT2D eigenvalue weighted by Gasteiger charge is 2.51. The summed E-state index contributed by atoms with van der Waals surface area (Å²) in [4.78, 5) is 18.0. The van der Waals surface area contributed by atoms with Gasteiger partial charge in [0.1, 0.15) is 0 Å². The molecule has 6 heteroatoms. The Bertz CT molecular complexity index is 482. The molecule has 0 radical (unpaired) electrons. The van der Waals surface area contributed by atoms with Crippen molar-refractivity contribution in [1.82, 2.24) is 14.7 Å². The number of rotatable bonds is 5. The highest BCUT2D eigenvalue weighted by molar-refractivity contribution is 5.65. The summed E-state index contributed by atoms with van der Waals surface area (Å²) < 4.78 is 0. The van der Waals surface area contributed by atoms with Gasteiger partial charge in [-0.3, -0.25) is 4.90 Å². The predicted octanol–water partition coefficient (Wildman–Crippen LogP) is 1.83. The number of hydrogen-bond acceptors (Lipinski definition) is 4. The van der Waals surface area contributed by atoms with E-state index in [0.29, 0.717) is 12.1 Å². The number of aliphatic hydroxyl groups excluding tert-OH is 1. The van der Waals surface area contributed by atoms with Gasteiger partial charge in [-0.25, -0.2) is 4.79 Å². The molecule has 2 N–H and O–H groups in total. The van der Waals surface area contributed by atoms with Crippen molar-refractivity contribution in [1.29, 1.82) is 0 Å². The van der Waals surface area contributed by atoms with Gasteiger partial charge in [-0.15, -0.1) is 0 Å². The molecule has 6 nitrogen and oxygen atoms in total. The number of hydrogen-bond donors (Lipinski definition) is 2. The first kappa shape index (κ1) is 17.6. The van der Waals surface area contributed by atoms with Crippen molar-refractivity contribution >= 4 is 6.09 Å². The maximum Gasteiger partial charge on any atom is 0.407 e. The van der Waals surface area contributed by atoms with Gasteiger partial charge in [0.15, 0.2) is 0 Å². The highest BCUT2D eigenvalue weighted by Crippen LogP contribution is 2.50. The van der Waals surface area contributed by atoms with Gasteiger partial charge in [-0.2, -0.15) is 0 Å². The SMILES string of the molecule is O=C(O)N1CCC2(CC(N3CCC(N(CCO)C4CCC4)CC3)C2)C1. The Morgan fingerprint density at radius 3 is 2.28 bits per heavy atom. The minimum atomic E-state index is -0.749. The van der Waals surface area contributed by atoms with Crippen LogP contribution in [0, 0.1) is 5.41 Å². The molecule has 4 fully saturated rings. The Morgan fingerprint density at radius 2 is 1.76 bits per heavy atom. The van der Waals surface area contributed by atoms with Crippen LogP contribution in [0.3, 0.4) is 0 Å². The highest BCUT2D eigenvalue weighted by atomic mass is 16.4.